The van der Waals surface area contributed by atoms with Gasteiger partial charge in [-0.2, -0.15) is 4.98 Å². The van der Waals surface area contributed by atoms with Gasteiger partial charge >= 0.3 is 0 Å². The Labute approximate surface area is 137 Å². The Balaban J connectivity index is 1.77. The lowest BCUT2D eigenvalue weighted by Gasteiger charge is -2.21. The molecule has 23 heavy (non-hydrogen) atoms. The highest BCUT2D eigenvalue weighted by molar-refractivity contribution is 5.63. The molecule has 1 N–H and O–H groups in total. The molecule has 0 radical (unpaired) electrons. The van der Waals surface area contributed by atoms with E-state index in [0.29, 0.717) is 12.6 Å². The van der Waals surface area contributed by atoms with Crippen LogP contribution in [0.15, 0.2) is 36.5 Å². The molecule has 0 spiro atoms. The predicted octanol–water partition coefficient (Wildman–Crippen LogP) is 4.00. The Morgan fingerprint density at radius 2 is 1.87 bits per heavy atom. The van der Waals surface area contributed by atoms with Crippen molar-refractivity contribution in [1.82, 2.24) is 9.97 Å². The molecule has 1 fully saturated rings. The average Bonchev–Trinajstić information content (AvgIpc) is 2.87. The smallest absolute Gasteiger partial charge is 0.229 e. The standard InChI is InChI=1S/C18H24N4O/c1-2-23-16-10-6-5-9-15(16)20-18-19-12-11-17(21-18)22-13-7-3-4-8-14-22/h5-6,9-12H,2-4,7-8,13-14H2,1H3,(H,19,20,21). The zero-order chi connectivity index (χ0) is 15.9. The first-order valence-electron chi connectivity index (χ1n) is 8.43. The van der Waals surface area contributed by atoms with E-state index in [1.165, 1.54) is 25.7 Å². The molecule has 122 valence electrons. The number of ether oxygens (including phenoxy) is 1. The largest absolute Gasteiger partial charge is 0.492 e. The third-order valence-electron chi connectivity index (χ3n) is 4.00. The van der Waals surface area contributed by atoms with E-state index in [4.69, 9.17) is 4.74 Å². The van der Waals surface area contributed by atoms with Crippen LogP contribution in [0.2, 0.25) is 0 Å². The molecule has 1 aliphatic heterocycles. The van der Waals surface area contributed by atoms with Gasteiger partial charge in [0.1, 0.15) is 11.6 Å². The van der Waals surface area contributed by atoms with Crippen molar-refractivity contribution >= 4 is 17.5 Å². The number of benzene rings is 1. The van der Waals surface area contributed by atoms with Crippen molar-refractivity contribution in [2.45, 2.75) is 32.6 Å². The summed E-state index contributed by atoms with van der Waals surface area (Å²) < 4.78 is 5.64. The van der Waals surface area contributed by atoms with E-state index < -0.39 is 0 Å². The van der Waals surface area contributed by atoms with E-state index in [0.717, 1.165) is 30.3 Å². The fourth-order valence-electron chi connectivity index (χ4n) is 2.86. The maximum absolute atomic E-state index is 5.64. The third-order valence-corrected chi connectivity index (χ3v) is 4.00. The molecule has 5 heteroatoms. The molecule has 1 aromatic carbocycles. The summed E-state index contributed by atoms with van der Waals surface area (Å²) in [7, 11) is 0. The number of hydrogen-bond acceptors (Lipinski definition) is 5. The van der Waals surface area contributed by atoms with Crippen LogP contribution in [0.25, 0.3) is 0 Å². The van der Waals surface area contributed by atoms with Crippen molar-refractivity contribution in [2.75, 3.05) is 29.9 Å². The molecule has 2 aromatic rings. The van der Waals surface area contributed by atoms with Crippen LogP contribution in [0.3, 0.4) is 0 Å². The van der Waals surface area contributed by atoms with Gasteiger partial charge in [0, 0.05) is 19.3 Å². The minimum absolute atomic E-state index is 0.610. The number of anilines is 3. The summed E-state index contributed by atoms with van der Waals surface area (Å²) in [5.41, 5.74) is 0.891. The van der Waals surface area contributed by atoms with Crippen molar-refractivity contribution in [2.24, 2.45) is 0 Å². The van der Waals surface area contributed by atoms with Crippen LogP contribution in [-0.4, -0.2) is 29.7 Å². The second-order valence-corrected chi connectivity index (χ2v) is 5.69. The average molecular weight is 312 g/mol. The first kappa shape index (κ1) is 15.6. The molecular weight excluding hydrogens is 288 g/mol. The fourth-order valence-corrected chi connectivity index (χ4v) is 2.86. The minimum Gasteiger partial charge on any atom is -0.492 e. The molecule has 0 aliphatic carbocycles. The number of nitrogens with one attached hydrogen (secondary N) is 1. The van der Waals surface area contributed by atoms with E-state index >= 15 is 0 Å². The number of rotatable bonds is 5. The molecule has 0 bridgehead atoms. The molecule has 1 saturated heterocycles. The van der Waals surface area contributed by atoms with Crippen molar-refractivity contribution in [1.29, 1.82) is 0 Å². The summed E-state index contributed by atoms with van der Waals surface area (Å²) in [6, 6.07) is 9.86. The van der Waals surface area contributed by atoms with E-state index in [2.05, 4.69) is 20.2 Å². The zero-order valence-corrected chi connectivity index (χ0v) is 13.7. The van der Waals surface area contributed by atoms with Gasteiger partial charge in [-0.15, -0.1) is 0 Å². The van der Waals surface area contributed by atoms with Crippen molar-refractivity contribution in [3.05, 3.63) is 36.5 Å². The van der Waals surface area contributed by atoms with Gasteiger partial charge in [-0.05, 0) is 38.0 Å². The van der Waals surface area contributed by atoms with Crippen molar-refractivity contribution in [3.8, 4) is 5.75 Å². The Morgan fingerprint density at radius 1 is 1.09 bits per heavy atom. The lowest BCUT2D eigenvalue weighted by Crippen LogP contribution is -2.25. The molecule has 0 atom stereocenters. The fraction of sp³-hybridized carbons (Fsp3) is 0.444. The van der Waals surface area contributed by atoms with Gasteiger partial charge in [0.25, 0.3) is 0 Å². The van der Waals surface area contributed by atoms with Crippen molar-refractivity contribution in [3.63, 3.8) is 0 Å². The quantitative estimate of drug-likeness (QED) is 0.904. The van der Waals surface area contributed by atoms with Gasteiger partial charge in [0.15, 0.2) is 0 Å². The molecule has 5 nitrogen and oxygen atoms in total. The predicted molar refractivity (Wildman–Crippen MR) is 93.6 cm³/mol. The van der Waals surface area contributed by atoms with E-state index in [9.17, 15) is 0 Å². The summed E-state index contributed by atoms with van der Waals surface area (Å²) in [6.45, 7) is 4.76. The van der Waals surface area contributed by atoms with Crippen LogP contribution in [-0.2, 0) is 0 Å². The highest BCUT2D eigenvalue weighted by Gasteiger charge is 2.12. The highest BCUT2D eigenvalue weighted by Crippen LogP contribution is 2.27. The second-order valence-electron chi connectivity index (χ2n) is 5.69. The van der Waals surface area contributed by atoms with Crippen LogP contribution < -0.4 is 15.0 Å². The first-order chi connectivity index (χ1) is 11.4. The number of hydrogen-bond donors (Lipinski definition) is 1. The second kappa shape index (κ2) is 7.81. The Morgan fingerprint density at radius 3 is 2.65 bits per heavy atom. The first-order valence-corrected chi connectivity index (χ1v) is 8.43. The van der Waals surface area contributed by atoms with Gasteiger partial charge in [-0.25, -0.2) is 4.98 Å². The molecule has 0 unspecified atom stereocenters. The normalized spacial score (nSPS) is 15.1. The maximum atomic E-state index is 5.64. The molecule has 2 heterocycles. The molecule has 0 amide bonds. The summed E-state index contributed by atoms with van der Waals surface area (Å²) in [4.78, 5) is 11.4. The number of aromatic nitrogens is 2. The monoisotopic (exact) mass is 312 g/mol. The minimum atomic E-state index is 0.610. The summed E-state index contributed by atoms with van der Waals surface area (Å²) in [6.07, 6.45) is 6.92. The zero-order valence-electron chi connectivity index (χ0n) is 13.7. The Bertz CT molecular complexity index is 624. The summed E-state index contributed by atoms with van der Waals surface area (Å²) in [5.74, 6) is 2.43. The van der Waals surface area contributed by atoms with Crippen LogP contribution in [0.5, 0.6) is 5.75 Å². The summed E-state index contributed by atoms with van der Waals surface area (Å²) >= 11 is 0. The molecular formula is C18H24N4O. The van der Waals surface area contributed by atoms with Crippen LogP contribution in [0.4, 0.5) is 17.5 Å². The van der Waals surface area contributed by atoms with E-state index in [1.54, 1.807) is 0 Å². The Kier molecular flexibility index (Phi) is 5.29. The lowest BCUT2D eigenvalue weighted by molar-refractivity contribution is 0.342. The Hall–Kier alpha value is -2.30. The number of para-hydroxylation sites is 2. The van der Waals surface area contributed by atoms with Gasteiger partial charge < -0.3 is 15.0 Å². The van der Waals surface area contributed by atoms with Gasteiger partial charge in [0.2, 0.25) is 5.95 Å². The molecule has 3 rings (SSSR count). The van der Waals surface area contributed by atoms with Gasteiger partial charge in [-0.1, -0.05) is 25.0 Å². The molecule has 1 aromatic heterocycles. The van der Waals surface area contributed by atoms with Gasteiger partial charge in [0.05, 0.1) is 12.3 Å². The van der Waals surface area contributed by atoms with Gasteiger partial charge in [-0.3, -0.25) is 0 Å². The third kappa shape index (κ3) is 4.12. The van der Waals surface area contributed by atoms with E-state index in [1.807, 2.05) is 43.5 Å². The van der Waals surface area contributed by atoms with Crippen LogP contribution >= 0.6 is 0 Å². The molecule has 1 aliphatic rings. The van der Waals surface area contributed by atoms with E-state index in [-0.39, 0.29) is 0 Å². The SMILES string of the molecule is CCOc1ccccc1Nc1nccc(N2CCCCCC2)n1. The van der Waals surface area contributed by atoms with Crippen LogP contribution in [0, 0.1) is 0 Å². The lowest BCUT2D eigenvalue weighted by atomic mass is 10.2. The maximum Gasteiger partial charge on any atom is 0.229 e. The molecule has 0 saturated carbocycles. The summed E-state index contributed by atoms with van der Waals surface area (Å²) in [5, 5.41) is 3.28. The highest BCUT2D eigenvalue weighted by atomic mass is 16.5. The topological polar surface area (TPSA) is 50.3 Å². The van der Waals surface area contributed by atoms with Crippen LogP contribution in [0.1, 0.15) is 32.6 Å². The van der Waals surface area contributed by atoms with Crippen molar-refractivity contribution < 1.29 is 4.74 Å². The number of nitrogens with zero attached hydrogens (tertiary/aromatic N) is 3.